The van der Waals surface area contributed by atoms with Gasteiger partial charge in [0.15, 0.2) is 0 Å². The third-order valence-corrected chi connectivity index (χ3v) is 3.24. The molecule has 0 radical (unpaired) electrons. The minimum atomic E-state index is -0.188. The smallest absolute Gasteiger partial charge is 0.254 e. The van der Waals surface area contributed by atoms with Crippen molar-refractivity contribution >= 4 is 43.7 Å². The van der Waals surface area contributed by atoms with Gasteiger partial charge in [0, 0.05) is 35.7 Å². The molecule has 0 unspecified atom stereocenters. The van der Waals surface area contributed by atoms with Crippen LogP contribution in [0.5, 0.6) is 0 Å². The molecule has 1 aromatic rings. The van der Waals surface area contributed by atoms with Gasteiger partial charge in [-0.2, -0.15) is 0 Å². The number of amides is 2. The minimum Gasteiger partial charge on any atom is -0.347 e. The number of benzene rings is 1. The normalized spacial score (nSPS) is 10.1. The van der Waals surface area contributed by atoms with E-state index in [2.05, 4.69) is 31.9 Å². The molecule has 0 atom stereocenters. The molecule has 0 heterocycles. The lowest BCUT2D eigenvalue weighted by molar-refractivity contribution is -0.129. The Balaban J connectivity index is 2.83. The van der Waals surface area contributed by atoms with E-state index in [-0.39, 0.29) is 18.4 Å². The zero-order chi connectivity index (χ0) is 13.9. The lowest BCUT2D eigenvalue weighted by atomic mass is 10.2. The zero-order valence-corrected chi connectivity index (χ0v) is 13.6. The summed E-state index contributed by atoms with van der Waals surface area (Å²) in [5, 5.41) is 0. The van der Waals surface area contributed by atoms with E-state index in [0.717, 1.165) is 8.95 Å². The Kier molecular flexibility index (Phi) is 5.34. The maximum Gasteiger partial charge on any atom is 0.254 e. The highest BCUT2D eigenvalue weighted by Crippen LogP contribution is 2.20. The maximum absolute atomic E-state index is 12.1. The lowest BCUT2D eigenvalue weighted by Crippen LogP contribution is -2.37. The van der Waals surface area contributed by atoms with E-state index in [9.17, 15) is 9.59 Å². The van der Waals surface area contributed by atoms with Gasteiger partial charge in [0.1, 0.15) is 0 Å². The molecule has 98 valence electrons. The lowest BCUT2D eigenvalue weighted by Gasteiger charge is -2.19. The summed E-state index contributed by atoms with van der Waals surface area (Å²) in [6, 6.07) is 5.30. The van der Waals surface area contributed by atoms with Gasteiger partial charge in [0.05, 0.1) is 6.54 Å². The monoisotopic (exact) mass is 376 g/mol. The Hall–Kier alpha value is -0.880. The molecule has 0 saturated heterocycles. The second-order valence-electron chi connectivity index (χ2n) is 4.11. The highest BCUT2D eigenvalue weighted by molar-refractivity contribution is 9.11. The average molecular weight is 378 g/mol. The predicted molar refractivity (Wildman–Crippen MR) is 77.5 cm³/mol. The number of nitrogens with zero attached hydrogens (tertiary/aromatic N) is 2. The fraction of sp³-hybridized carbons (Fsp3) is 0.333. The first-order chi connectivity index (χ1) is 8.31. The van der Waals surface area contributed by atoms with E-state index in [1.807, 2.05) is 6.07 Å². The van der Waals surface area contributed by atoms with Gasteiger partial charge in [0.2, 0.25) is 5.91 Å². The van der Waals surface area contributed by atoms with E-state index < -0.39 is 0 Å². The van der Waals surface area contributed by atoms with Crippen molar-refractivity contribution in [3.05, 3.63) is 32.7 Å². The molecule has 18 heavy (non-hydrogen) atoms. The molecule has 6 heteroatoms. The van der Waals surface area contributed by atoms with Gasteiger partial charge < -0.3 is 9.80 Å². The van der Waals surface area contributed by atoms with Gasteiger partial charge in [0.25, 0.3) is 5.91 Å². The van der Waals surface area contributed by atoms with Crippen LogP contribution in [0.2, 0.25) is 0 Å². The Morgan fingerprint density at radius 2 is 1.56 bits per heavy atom. The van der Waals surface area contributed by atoms with Gasteiger partial charge >= 0.3 is 0 Å². The maximum atomic E-state index is 12.1. The summed E-state index contributed by atoms with van der Waals surface area (Å²) in [6.45, 7) is 0.0654. The Morgan fingerprint density at radius 1 is 1.06 bits per heavy atom. The molecule has 0 N–H and O–H groups in total. The second kappa shape index (κ2) is 6.33. The van der Waals surface area contributed by atoms with Gasteiger partial charge in [-0.3, -0.25) is 9.59 Å². The largest absolute Gasteiger partial charge is 0.347 e. The number of rotatable bonds is 3. The van der Waals surface area contributed by atoms with Gasteiger partial charge in [-0.15, -0.1) is 0 Å². The predicted octanol–water partition coefficient (Wildman–Crippen LogP) is 2.37. The van der Waals surface area contributed by atoms with Gasteiger partial charge in [-0.25, -0.2) is 0 Å². The third kappa shape index (κ3) is 4.10. The summed E-state index contributed by atoms with van der Waals surface area (Å²) >= 11 is 6.66. The van der Waals surface area contributed by atoms with Crippen LogP contribution in [0, 0.1) is 0 Å². The Morgan fingerprint density at radius 3 is 2.00 bits per heavy atom. The number of hydrogen-bond acceptors (Lipinski definition) is 2. The average Bonchev–Trinajstić information content (AvgIpc) is 2.26. The Labute approximate surface area is 123 Å². The highest BCUT2D eigenvalue weighted by Gasteiger charge is 2.16. The minimum absolute atomic E-state index is 0.0654. The molecule has 1 rings (SSSR count). The van der Waals surface area contributed by atoms with Crippen LogP contribution in [0.25, 0.3) is 0 Å². The molecule has 0 aromatic heterocycles. The van der Waals surface area contributed by atoms with Crippen molar-refractivity contribution in [3.8, 4) is 0 Å². The van der Waals surface area contributed by atoms with Crippen LogP contribution in [-0.4, -0.2) is 49.3 Å². The van der Waals surface area contributed by atoms with Gasteiger partial charge in [-0.05, 0) is 18.2 Å². The van der Waals surface area contributed by atoms with Crippen molar-refractivity contribution in [2.75, 3.05) is 27.7 Å². The number of halogens is 2. The summed E-state index contributed by atoms with van der Waals surface area (Å²) in [4.78, 5) is 26.5. The van der Waals surface area contributed by atoms with Crippen molar-refractivity contribution in [3.63, 3.8) is 0 Å². The Bertz CT molecular complexity index is 455. The molecule has 2 amide bonds. The van der Waals surface area contributed by atoms with Gasteiger partial charge in [-0.1, -0.05) is 31.9 Å². The highest BCUT2D eigenvalue weighted by atomic mass is 79.9. The van der Waals surface area contributed by atoms with Crippen molar-refractivity contribution in [1.29, 1.82) is 0 Å². The summed E-state index contributed by atoms with van der Waals surface area (Å²) in [6.07, 6.45) is 0. The summed E-state index contributed by atoms with van der Waals surface area (Å²) in [5.74, 6) is -0.299. The van der Waals surface area contributed by atoms with E-state index >= 15 is 0 Å². The van der Waals surface area contributed by atoms with Crippen LogP contribution in [0.15, 0.2) is 27.1 Å². The third-order valence-electron chi connectivity index (χ3n) is 2.33. The molecular formula is C12H14Br2N2O2. The number of carbonyl (C=O) groups is 2. The first kappa shape index (κ1) is 15.2. The summed E-state index contributed by atoms with van der Waals surface area (Å²) < 4.78 is 1.63. The fourth-order valence-corrected chi connectivity index (χ4v) is 2.61. The zero-order valence-electron chi connectivity index (χ0n) is 10.4. The molecule has 0 aliphatic heterocycles. The molecule has 0 aliphatic carbocycles. The molecule has 0 fully saturated rings. The van der Waals surface area contributed by atoms with Crippen LogP contribution in [0.1, 0.15) is 10.4 Å². The van der Waals surface area contributed by atoms with E-state index in [1.54, 1.807) is 33.3 Å². The van der Waals surface area contributed by atoms with Crippen LogP contribution in [0.4, 0.5) is 0 Å². The standard InChI is InChI=1S/C12H14Br2N2O2/c1-15(2)11(17)7-16(3)12(18)8-4-9(13)6-10(14)5-8/h4-6H,7H2,1-3H3. The second-order valence-corrected chi connectivity index (χ2v) is 5.94. The molecule has 1 aromatic carbocycles. The quantitative estimate of drug-likeness (QED) is 0.811. The molecule has 4 nitrogen and oxygen atoms in total. The first-order valence-electron chi connectivity index (χ1n) is 5.23. The number of likely N-dealkylation sites (N-methyl/N-ethyl adjacent to an activating group) is 2. The van der Waals surface area contributed by atoms with Crippen molar-refractivity contribution in [2.45, 2.75) is 0 Å². The van der Waals surface area contributed by atoms with Crippen LogP contribution in [-0.2, 0) is 4.79 Å². The number of hydrogen-bond donors (Lipinski definition) is 0. The van der Waals surface area contributed by atoms with E-state index in [0.29, 0.717) is 5.56 Å². The van der Waals surface area contributed by atoms with Crippen molar-refractivity contribution in [1.82, 2.24) is 9.80 Å². The topological polar surface area (TPSA) is 40.6 Å². The number of carbonyl (C=O) groups excluding carboxylic acids is 2. The van der Waals surface area contributed by atoms with E-state index in [1.165, 1.54) is 9.80 Å². The van der Waals surface area contributed by atoms with E-state index in [4.69, 9.17) is 0 Å². The molecule has 0 spiro atoms. The van der Waals surface area contributed by atoms with Crippen molar-refractivity contribution in [2.24, 2.45) is 0 Å². The summed E-state index contributed by atoms with van der Waals surface area (Å²) in [5.41, 5.74) is 0.533. The SMILES string of the molecule is CN(C)C(=O)CN(C)C(=O)c1cc(Br)cc(Br)c1. The fourth-order valence-electron chi connectivity index (χ4n) is 1.31. The van der Waals surface area contributed by atoms with Crippen LogP contribution in [0.3, 0.4) is 0 Å². The van der Waals surface area contributed by atoms with Crippen molar-refractivity contribution < 1.29 is 9.59 Å². The first-order valence-corrected chi connectivity index (χ1v) is 6.81. The summed E-state index contributed by atoms with van der Waals surface area (Å²) in [7, 11) is 4.94. The molecular weight excluding hydrogens is 364 g/mol. The van der Waals surface area contributed by atoms with Crippen LogP contribution < -0.4 is 0 Å². The molecule has 0 aliphatic rings. The molecule has 0 saturated carbocycles. The van der Waals surface area contributed by atoms with Crippen LogP contribution >= 0.6 is 31.9 Å². The molecule has 0 bridgehead atoms.